The number of hydrogen-bond acceptors (Lipinski definition) is 3. The van der Waals surface area contributed by atoms with Gasteiger partial charge in [-0.15, -0.1) is 0 Å². The number of aromatic nitrogens is 2. The van der Waals surface area contributed by atoms with Gasteiger partial charge in [-0.25, -0.2) is 4.98 Å². The van der Waals surface area contributed by atoms with Gasteiger partial charge < -0.3 is 4.74 Å². The van der Waals surface area contributed by atoms with Gasteiger partial charge in [-0.2, -0.15) is 9.37 Å². The zero-order chi connectivity index (χ0) is 8.43. The number of methoxy groups -OCH3 is 1. The van der Waals surface area contributed by atoms with Crippen molar-refractivity contribution in [1.29, 1.82) is 0 Å². The van der Waals surface area contributed by atoms with Crippen molar-refractivity contribution in [3.8, 4) is 5.88 Å². The SMILES string of the molecule is COc1nc(F)c(C)nc1C. The molecule has 0 saturated carbocycles. The summed E-state index contributed by atoms with van der Waals surface area (Å²) in [5.74, 6) is -0.333. The first kappa shape index (κ1) is 7.91. The van der Waals surface area contributed by atoms with Crippen LogP contribution in [0.25, 0.3) is 0 Å². The lowest BCUT2D eigenvalue weighted by Crippen LogP contribution is -2.00. The Labute approximate surface area is 64.2 Å². The molecule has 0 unspecified atom stereocenters. The van der Waals surface area contributed by atoms with E-state index in [4.69, 9.17) is 4.74 Å². The van der Waals surface area contributed by atoms with Gasteiger partial charge in [0.1, 0.15) is 0 Å². The third-order valence-corrected chi connectivity index (χ3v) is 1.34. The van der Waals surface area contributed by atoms with Crippen molar-refractivity contribution in [2.45, 2.75) is 13.8 Å². The Morgan fingerprint density at radius 1 is 1.18 bits per heavy atom. The number of rotatable bonds is 1. The molecule has 1 rings (SSSR count). The Morgan fingerprint density at radius 2 is 1.82 bits per heavy atom. The maximum Gasteiger partial charge on any atom is 0.237 e. The summed E-state index contributed by atoms with van der Waals surface area (Å²) in [6, 6.07) is 0. The average Bonchev–Trinajstić information content (AvgIpc) is 1.97. The van der Waals surface area contributed by atoms with Crippen LogP contribution < -0.4 is 4.74 Å². The van der Waals surface area contributed by atoms with Gasteiger partial charge >= 0.3 is 0 Å². The van der Waals surface area contributed by atoms with Gasteiger partial charge in [0.2, 0.25) is 11.8 Å². The average molecular weight is 156 g/mol. The van der Waals surface area contributed by atoms with E-state index in [0.29, 0.717) is 11.4 Å². The summed E-state index contributed by atoms with van der Waals surface area (Å²) in [6.07, 6.45) is 0. The molecular weight excluding hydrogens is 147 g/mol. The highest BCUT2D eigenvalue weighted by molar-refractivity contribution is 5.18. The van der Waals surface area contributed by atoms with E-state index in [-0.39, 0.29) is 5.88 Å². The van der Waals surface area contributed by atoms with E-state index in [9.17, 15) is 4.39 Å². The molecule has 1 heterocycles. The first-order valence-corrected chi connectivity index (χ1v) is 3.20. The van der Waals surface area contributed by atoms with E-state index in [1.807, 2.05) is 0 Å². The van der Waals surface area contributed by atoms with Crippen LogP contribution in [0.3, 0.4) is 0 Å². The minimum absolute atomic E-state index is 0.244. The Hall–Kier alpha value is -1.19. The van der Waals surface area contributed by atoms with Crippen LogP contribution in [0.5, 0.6) is 5.88 Å². The molecule has 0 amide bonds. The Morgan fingerprint density at radius 3 is 2.36 bits per heavy atom. The molecule has 1 aromatic rings. The van der Waals surface area contributed by atoms with E-state index in [1.165, 1.54) is 7.11 Å². The molecule has 4 heteroatoms. The fraction of sp³-hybridized carbons (Fsp3) is 0.429. The standard InChI is InChI=1S/C7H9FN2O/c1-4-6(8)10-7(11-3)5(2)9-4/h1-3H3. The van der Waals surface area contributed by atoms with E-state index in [0.717, 1.165) is 0 Å². The molecule has 0 aliphatic heterocycles. The van der Waals surface area contributed by atoms with Crippen LogP contribution in [0.2, 0.25) is 0 Å². The van der Waals surface area contributed by atoms with Crippen LogP contribution in [0.15, 0.2) is 0 Å². The lowest BCUT2D eigenvalue weighted by Gasteiger charge is -2.02. The van der Waals surface area contributed by atoms with Crippen LogP contribution in [0, 0.1) is 19.8 Å². The topological polar surface area (TPSA) is 35.0 Å². The quantitative estimate of drug-likeness (QED) is 0.613. The largest absolute Gasteiger partial charge is 0.480 e. The fourth-order valence-electron chi connectivity index (χ4n) is 0.790. The normalized spacial score (nSPS) is 9.82. The van der Waals surface area contributed by atoms with Gasteiger partial charge in [0.05, 0.1) is 18.5 Å². The van der Waals surface area contributed by atoms with Crippen molar-refractivity contribution in [2.75, 3.05) is 7.11 Å². The molecule has 60 valence electrons. The zero-order valence-corrected chi connectivity index (χ0v) is 6.68. The van der Waals surface area contributed by atoms with Gasteiger partial charge in [-0.3, -0.25) is 0 Å². The summed E-state index contributed by atoms with van der Waals surface area (Å²) in [4.78, 5) is 7.42. The highest BCUT2D eigenvalue weighted by Gasteiger charge is 2.06. The summed E-state index contributed by atoms with van der Waals surface area (Å²) < 4.78 is 17.5. The van der Waals surface area contributed by atoms with Crippen molar-refractivity contribution in [1.82, 2.24) is 9.97 Å². The number of aryl methyl sites for hydroxylation is 2. The van der Waals surface area contributed by atoms with Crippen molar-refractivity contribution in [3.05, 3.63) is 17.3 Å². The molecule has 0 N–H and O–H groups in total. The van der Waals surface area contributed by atoms with Gasteiger partial charge in [-0.05, 0) is 13.8 Å². The second-order valence-electron chi connectivity index (χ2n) is 2.19. The van der Waals surface area contributed by atoms with Gasteiger partial charge in [0.25, 0.3) is 0 Å². The Balaban J connectivity index is 3.21. The number of ether oxygens (including phenoxy) is 1. The predicted octanol–water partition coefficient (Wildman–Crippen LogP) is 1.24. The highest BCUT2D eigenvalue weighted by atomic mass is 19.1. The van der Waals surface area contributed by atoms with E-state index in [2.05, 4.69) is 9.97 Å². The number of nitrogens with zero attached hydrogens (tertiary/aromatic N) is 2. The maximum absolute atomic E-state index is 12.7. The fourth-order valence-corrected chi connectivity index (χ4v) is 0.790. The predicted molar refractivity (Wildman–Crippen MR) is 38.0 cm³/mol. The van der Waals surface area contributed by atoms with Gasteiger partial charge in [0, 0.05) is 0 Å². The van der Waals surface area contributed by atoms with Crippen molar-refractivity contribution in [2.24, 2.45) is 0 Å². The monoisotopic (exact) mass is 156 g/mol. The van der Waals surface area contributed by atoms with Crippen molar-refractivity contribution >= 4 is 0 Å². The lowest BCUT2D eigenvalue weighted by molar-refractivity contribution is 0.378. The van der Waals surface area contributed by atoms with Crippen LogP contribution in [0.4, 0.5) is 4.39 Å². The Kier molecular flexibility index (Phi) is 2.03. The summed E-state index contributed by atoms with van der Waals surface area (Å²) in [7, 11) is 1.44. The molecule has 0 radical (unpaired) electrons. The molecule has 11 heavy (non-hydrogen) atoms. The minimum atomic E-state index is -0.576. The Bertz CT molecular complexity index is 275. The summed E-state index contributed by atoms with van der Waals surface area (Å²) in [6.45, 7) is 3.28. The van der Waals surface area contributed by atoms with E-state index >= 15 is 0 Å². The lowest BCUT2D eigenvalue weighted by atomic mass is 10.4. The summed E-state index contributed by atoms with van der Waals surface area (Å²) in [5.41, 5.74) is 0.898. The third kappa shape index (κ3) is 1.45. The van der Waals surface area contributed by atoms with Crippen LogP contribution >= 0.6 is 0 Å². The van der Waals surface area contributed by atoms with Gasteiger partial charge in [0.15, 0.2) is 0 Å². The van der Waals surface area contributed by atoms with Crippen molar-refractivity contribution < 1.29 is 9.13 Å². The minimum Gasteiger partial charge on any atom is -0.480 e. The highest BCUT2D eigenvalue weighted by Crippen LogP contribution is 2.12. The third-order valence-electron chi connectivity index (χ3n) is 1.34. The number of halogens is 1. The molecule has 0 aromatic carbocycles. The summed E-state index contributed by atoms with van der Waals surface area (Å²) in [5, 5.41) is 0. The molecule has 0 fully saturated rings. The number of hydrogen-bond donors (Lipinski definition) is 0. The van der Waals surface area contributed by atoms with E-state index < -0.39 is 5.95 Å². The molecular formula is C7H9FN2O. The van der Waals surface area contributed by atoms with Crippen molar-refractivity contribution in [3.63, 3.8) is 0 Å². The maximum atomic E-state index is 12.7. The van der Waals surface area contributed by atoms with Crippen LogP contribution in [-0.2, 0) is 0 Å². The van der Waals surface area contributed by atoms with Crippen LogP contribution in [-0.4, -0.2) is 17.1 Å². The molecule has 0 atom stereocenters. The second-order valence-corrected chi connectivity index (χ2v) is 2.19. The smallest absolute Gasteiger partial charge is 0.237 e. The molecule has 1 aromatic heterocycles. The molecule has 3 nitrogen and oxygen atoms in total. The van der Waals surface area contributed by atoms with Crippen LogP contribution in [0.1, 0.15) is 11.4 Å². The zero-order valence-electron chi connectivity index (χ0n) is 6.68. The molecule has 0 aliphatic rings. The van der Waals surface area contributed by atoms with E-state index in [1.54, 1.807) is 13.8 Å². The molecule has 0 spiro atoms. The molecule has 0 bridgehead atoms. The summed E-state index contributed by atoms with van der Waals surface area (Å²) >= 11 is 0. The second kappa shape index (κ2) is 2.82. The van der Waals surface area contributed by atoms with Gasteiger partial charge in [-0.1, -0.05) is 0 Å². The first-order chi connectivity index (χ1) is 5.15. The molecule has 0 aliphatic carbocycles. The first-order valence-electron chi connectivity index (χ1n) is 3.20. The molecule has 0 saturated heterocycles.